The first kappa shape index (κ1) is 13.6. The molecular weight excluding hydrogens is 240 g/mol. The number of hydrogen-bond acceptors (Lipinski definition) is 3. The molecule has 0 bridgehead atoms. The number of aliphatic hydroxyl groups is 1. The molecule has 4 heteroatoms. The first-order valence-corrected chi connectivity index (χ1v) is 6.51. The largest absolute Gasteiger partial charge is 0.384 e. The molecule has 0 aliphatic heterocycles. The fourth-order valence-electron chi connectivity index (χ4n) is 2.37. The number of carbonyl (C=O) groups excluding carboxylic acids is 1. The number of nitrogens with one attached hydrogen (secondary N) is 1. The second kappa shape index (κ2) is 5.85. The van der Waals surface area contributed by atoms with Gasteiger partial charge in [-0.05, 0) is 25.0 Å². The van der Waals surface area contributed by atoms with Gasteiger partial charge in [0.15, 0.2) is 0 Å². The normalized spacial score (nSPS) is 16.5. The highest BCUT2D eigenvalue weighted by Gasteiger charge is 2.36. The Morgan fingerprint density at radius 3 is 2.95 bits per heavy atom. The van der Waals surface area contributed by atoms with Crippen molar-refractivity contribution < 1.29 is 9.90 Å². The third kappa shape index (κ3) is 3.33. The van der Waals surface area contributed by atoms with Crippen molar-refractivity contribution in [2.75, 3.05) is 11.9 Å². The highest BCUT2D eigenvalue weighted by molar-refractivity contribution is 5.94. The van der Waals surface area contributed by atoms with E-state index in [2.05, 4.69) is 22.1 Å². The Morgan fingerprint density at radius 1 is 1.53 bits per heavy atom. The SMILES string of the molecule is CC1(C(=O)Nc2cc(C#CCO)ccn2)CCCC1. The van der Waals surface area contributed by atoms with Crippen LogP contribution in [-0.2, 0) is 4.79 Å². The Bertz CT molecular complexity index is 522. The molecule has 0 aromatic carbocycles. The highest BCUT2D eigenvalue weighted by Crippen LogP contribution is 2.38. The van der Waals surface area contributed by atoms with Crippen LogP contribution in [0.1, 0.15) is 38.2 Å². The van der Waals surface area contributed by atoms with Gasteiger partial charge in [-0.25, -0.2) is 4.98 Å². The summed E-state index contributed by atoms with van der Waals surface area (Å²) in [6.07, 6.45) is 5.69. The van der Waals surface area contributed by atoms with Crippen molar-refractivity contribution in [2.45, 2.75) is 32.6 Å². The van der Waals surface area contributed by atoms with Gasteiger partial charge >= 0.3 is 0 Å². The van der Waals surface area contributed by atoms with Crippen LogP contribution in [0.15, 0.2) is 18.3 Å². The Hall–Kier alpha value is -1.86. The third-order valence-electron chi connectivity index (χ3n) is 3.57. The monoisotopic (exact) mass is 258 g/mol. The molecule has 2 rings (SSSR count). The first-order valence-electron chi connectivity index (χ1n) is 6.51. The second-order valence-corrected chi connectivity index (χ2v) is 5.11. The van der Waals surface area contributed by atoms with Gasteiger partial charge in [0, 0.05) is 17.2 Å². The summed E-state index contributed by atoms with van der Waals surface area (Å²) in [6.45, 7) is 1.83. The summed E-state index contributed by atoms with van der Waals surface area (Å²) in [6, 6.07) is 3.47. The fourth-order valence-corrected chi connectivity index (χ4v) is 2.37. The molecule has 0 unspecified atom stereocenters. The second-order valence-electron chi connectivity index (χ2n) is 5.11. The average Bonchev–Trinajstić information content (AvgIpc) is 2.85. The van der Waals surface area contributed by atoms with Crippen LogP contribution in [0, 0.1) is 17.3 Å². The highest BCUT2D eigenvalue weighted by atomic mass is 16.2. The number of hydrogen-bond donors (Lipinski definition) is 2. The van der Waals surface area contributed by atoms with E-state index in [1.807, 2.05) is 6.92 Å². The summed E-state index contributed by atoms with van der Waals surface area (Å²) in [5, 5.41) is 11.5. The van der Waals surface area contributed by atoms with Gasteiger partial charge in [0.25, 0.3) is 0 Å². The predicted molar refractivity (Wildman–Crippen MR) is 73.4 cm³/mol. The zero-order valence-corrected chi connectivity index (χ0v) is 11.1. The average molecular weight is 258 g/mol. The van der Waals surface area contributed by atoms with Crippen LogP contribution < -0.4 is 5.32 Å². The van der Waals surface area contributed by atoms with Crippen LogP contribution in [0.2, 0.25) is 0 Å². The van der Waals surface area contributed by atoms with E-state index in [1.165, 1.54) is 0 Å². The number of pyridine rings is 1. The van der Waals surface area contributed by atoms with Crippen molar-refractivity contribution in [3.05, 3.63) is 23.9 Å². The molecule has 0 saturated heterocycles. The molecule has 1 saturated carbocycles. The van der Waals surface area contributed by atoms with Crippen molar-refractivity contribution in [3.8, 4) is 11.8 Å². The van der Waals surface area contributed by atoms with Crippen LogP contribution in [-0.4, -0.2) is 22.6 Å². The van der Waals surface area contributed by atoms with E-state index >= 15 is 0 Å². The van der Waals surface area contributed by atoms with Crippen molar-refractivity contribution in [3.63, 3.8) is 0 Å². The van der Waals surface area contributed by atoms with Gasteiger partial charge in [-0.2, -0.15) is 0 Å². The molecule has 1 aromatic rings. The summed E-state index contributed by atoms with van der Waals surface area (Å²) in [5.41, 5.74) is 0.463. The number of aliphatic hydroxyl groups excluding tert-OH is 1. The van der Waals surface area contributed by atoms with E-state index in [4.69, 9.17) is 5.11 Å². The zero-order chi connectivity index (χ0) is 13.7. The molecule has 4 nitrogen and oxygen atoms in total. The number of carbonyl (C=O) groups is 1. The maximum Gasteiger partial charge on any atom is 0.231 e. The maximum atomic E-state index is 12.2. The minimum Gasteiger partial charge on any atom is -0.384 e. The van der Waals surface area contributed by atoms with Crippen LogP contribution in [0.4, 0.5) is 5.82 Å². The summed E-state index contributed by atoms with van der Waals surface area (Å²) in [7, 11) is 0. The first-order chi connectivity index (χ1) is 9.14. The Morgan fingerprint density at radius 2 is 2.26 bits per heavy atom. The topological polar surface area (TPSA) is 62.2 Å². The van der Waals surface area contributed by atoms with Crippen molar-refractivity contribution in [2.24, 2.45) is 5.41 Å². The van der Waals surface area contributed by atoms with Crippen molar-refractivity contribution >= 4 is 11.7 Å². The van der Waals surface area contributed by atoms with Gasteiger partial charge in [0.2, 0.25) is 5.91 Å². The van der Waals surface area contributed by atoms with Gasteiger partial charge in [0.05, 0.1) is 0 Å². The number of anilines is 1. The quantitative estimate of drug-likeness (QED) is 0.797. The van der Waals surface area contributed by atoms with Crippen molar-refractivity contribution in [1.29, 1.82) is 0 Å². The molecular formula is C15H18N2O2. The van der Waals surface area contributed by atoms with Crippen molar-refractivity contribution in [1.82, 2.24) is 4.98 Å². The lowest BCUT2D eigenvalue weighted by Gasteiger charge is -2.21. The van der Waals surface area contributed by atoms with Crippen LogP contribution in [0.25, 0.3) is 0 Å². The molecule has 0 radical (unpaired) electrons. The number of aromatic nitrogens is 1. The molecule has 1 aromatic heterocycles. The lowest BCUT2D eigenvalue weighted by molar-refractivity contribution is -0.124. The predicted octanol–water partition coefficient (Wildman–Crippen LogP) is 1.94. The van der Waals surface area contributed by atoms with Gasteiger partial charge in [-0.1, -0.05) is 31.6 Å². The van der Waals surface area contributed by atoms with Crippen LogP contribution in [0.3, 0.4) is 0 Å². The Kier molecular flexibility index (Phi) is 4.18. The molecule has 1 aliphatic carbocycles. The molecule has 1 amide bonds. The lowest BCUT2D eigenvalue weighted by Crippen LogP contribution is -2.31. The molecule has 0 spiro atoms. The maximum absolute atomic E-state index is 12.2. The molecule has 19 heavy (non-hydrogen) atoms. The van der Waals surface area contributed by atoms with Crippen LogP contribution in [0.5, 0.6) is 0 Å². The summed E-state index contributed by atoms with van der Waals surface area (Å²) < 4.78 is 0. The minimum atomic E-state index is -0.269. The standard InChI is InChI=1S/C15H18N2O2/c1-15(7-2-3-8-15)14(19)17-13-11-12(5-4-10-18)6-9-16-13/h6,9,11,18H,2-3,7-8,10H2,1H3,(H,16,17,19). The third-order valence-corrected chi connectivity index (χ3v) is 3.57. The Balaban J connectivity index is 2.08. The minimum absolute atomic E-state index is 0.0322. The van der Waals surface area contributed by atoms with E-state index < -0.39 is 0 Å². The van der Waals surface area contributed by atoms with Gasteiger partial charge in [-0.15, -0.1) is 0 Å². The lowest BCUT2D eigenvalue weighted by atomic mass is 9.88. The van der Waals surface area contributed by atoms with E-state index in [-0.39, 0.29) is 17.9 Å². The number of nitrogens with zero attached hydrogens (tertiary/aromatic N) is 1. The van der Waals surface area contributed by atoms with E-state index in [0.717, 1.165) is 31.2 Å². The Labute approximate surface area is 113 Å². The zero-order valence-electron chi connectivity index (χ0n) is 11.1. The fraction of sp³-hybridized carbons (Fsp3) is 0.467. The van der Waals surface area contributed by atoms with Gasteiger partial charge in [-0.3, -0.25) is 4.79 Å². The molecule has 0 atom stereocenters. The number of rotatable bonds is 2. The summed E-state index contributed by atoms with van der Waals surface area (Å²) in [5.74, 6) is 5.92. The van der Waals surface area contributed by atoms with E-state index in [1.54, 1.807) is 18.3 Å². The molecule has 1 heterocycles. The molecule has 1 aliphatic rings. The number of amides is 1. The van der Waals surface area contributed by atoms with E-state index in [0.29, 0.717) is 5.82 Å². The van der Waals surface area contributed by atoms with E-state index in [9.17, 15) is 4.79 Å². The summed E-state index contributed by atoms with van der Waals surface area (Å²) in [4.78, 5) is 16.4. The van der Waals surface area contributed by atoms with Crippen LogP contribution >= 0.6 is 0 Å². The van der Waals surface area contributed by atoms with Gasteiger partial charge in [0.1, 0.15) is 12.4 Å². The summed E-state index contributed by atoms with van der Waals surface area (Å²) >= 11 is 0. The molecule has 1 fully saturated rings. The smallest absolute Gasteiger partial charge is 0.231 e. The molecule has 2 N–H and O–H groups in total. The molecule has 100 valence electrons. The van der Waals surface area contributed by atoms with Gasteiger partial charge < -0.3 is 10.4 Å².